The highest BCUT2D eigenvalue weighted by Crippen LogP contribution is 2.47. The molecule has 1 aromatic carbocycles. The van der Waals surface area contributed by atoms with Gasteiger partial charge in [-0.05, 0) is 62.4 Å². The van der Waals surface area contributed by atoms with Crippen molar-refractivity contribution in [3.63, 3.8) is 0 Å². The lowest BCUT2D eigenvalue weighted by molar-refractivity contribution is -0.127. The lowest BCUT2D eigenvalue weighted by atomic mass is 9.73. The van der Waals surface area contributed by atoms with E-state index in [1.54, 1.807) is 0 Å². The van der Waals surface area contributed by atoms with Gasteiger partial charge in [-0.2, -0.15) is 25.3 Å². The zero-order valence-corrected chi connectivity index (χ0v) is 21.4. The van der Waals surface area contributed by atoms with Crippen molar-refractivity contribution in [3.05, 3.63) is 35.6 Å². The summed E-state index contributed by atoms with van der Waals surface area (Å²) in [4.78, 5) is 29.9. The van der Waals surface area contributed by atoms with Crippen molar-refractivity contribution in [2.75, 3.05) is 44.2 Å². The molecule has 2 fully saturated rings. The number of nitrogens with one attached hydrogen (secondary N) is 1. The summed E-state index contributed by atoms with van der Waals surface area (Å²) in [6.07, 6.45) is 4.60. The minimum atomic E-state index is -0.234. The third kappa shape index (κ3) is 6.96. The summed E-state index contributed by atoms with van der Waals surface area (Å²) in [7, 11) is 0. The molecule has 0 aromatic heterocycles. The molecular formula is C25H38FN3O2S2. The van der Waals surface area contributed by atoms with Gasteiger partial charge in [0.25, 0.3) is 0 Å². The highest BCUT2D eigenvalue weighted by Gasteiger charge is 2.49. The van der Waals surface area contributed by atoms with Gasteiger partial charge in [0.15, 0.2) is 0 Å². The molecule has 0 aliphatic carbocycles. The number of carbonyl (C=O) groups excluding carboxylic acids is 2. The average molecular weight is 496 g/mol. The van der Waals surface area contributed by atoms with E-state index in [1.165, 1.54) is 12.1 Å². The lowest BCUT2D eigenvalue weighted by Crippen LogP contribution is -2.51. The van der Waals surface area contributed by atoms with Crippen LogP contribution in [-0.2, 0) is 9.59 Å². The molecule has 0 saturated carbocycles. The molecule has 1 N–H and O–H groups in total. The number of piperidine rings is 1. The van der Waals surface area contributed by atoms with Gasteiger partial charge in [-0.1, -0.05) is 19.1 Å². The SMILES string of the molecule is CCC(=O)C1C(c2ccc(F)cc2)C[C@@H]2CC[C@H]1N2CCCN(CCS)CC(=O)NCCS. The number of hydrogen-bond donors (Lipinski definition) is 3. The van der Waals surface area contributed by atoms with Crippen LogP contribution in [0.5, 0.6) is 0 Å². The van der Waals surface area contributed by atoms with Gasteiger partial charge in [0.05, 0.1) is 6.54 Å². The molecule has 0 spiro atoms. The van der Waals surface area contributed by atoms with Crippen molar-refractivity contribution in [1.29, 1.82) is 0 Å². The van der Waals surface area contributed by atoms with E-state index < -0.39 is 0 Å². The Morgan fingerprint density at radius 3 is 2.58 bits per heavy atom. The van der Waals surface area contributed by atoms with Crippen LogP contribution in [0.15, 0.2) is 24.3 Å². The molecule has 2 bridgehead atoms. The van der Waals surface area contributed by atoms with Crippen LogP contribution in [-0.4, -0.2) is 77.8 Å². The number of rotatable bonds is 13. The second-order valence-electron chi connectivity index (χ2n) is 9.20. The molecule has 2 saturated heterocycles. The smallest absolute Gasteiger partial charge is 0.234 e. The van der Waals surface area contributed by atoms with E-state index in [0.717, 1.165) is 50.9 Å². The summed E-state index contributed by atoms with van der Waals surface area (Å²) in [6, 6.07) is 7.46. The summed E-state index contributed by atoms with van der Waals surface area (Å²) in [5.41, 5.74) is 1.09. The molecule has 2 aliphatic rings. The molecule has 4 atom stereocenters. The van der Waals surface area contributed by atoms with Crippen molar-refractivity contribution < 1.29 is 14.0 Å². The fourth-order valence-corrected chi connectivity index (χ4v) is 6.13. The minimum Gasteiger partial charge on any atom is -0.354 e. The highest BCUT2D eigenvalue weighted by atomic mass is 32.1. The van der Waals surface area contributed by atoms with Crippen LogP contribution in [0.1, 0.15) is 50.5 Å². The summed E-state index contributed by atoms with van der Waals surface area (Å²) < 4.78 is 13.5. The third-order valence-corrected chi connectivity index (χ3v) is 7.61. The Morgan fingerprint density at radius 2 is 1.91 bits per heavy atom. The first-order chi connectivity index (χ1) is 16.0. The maximum absolute atomic E-state index is 13.5. The minimum absolute atomic E-state index is 0.0274. The number of carbonyl (C=O) groups is 2. The van der Waals surface area contributed by atoms with Gasteiger partial charge in [-0.3, -0.25) is 19.4 Å². The number of nitrogens with zero attached hydrogens (tertiary/aromatic N) is 2. The Hall–Kier alpha value is -1.09. The Bertz CT molecular complexity index is 779. The normalized spacial score (nSPS) is 24.9. The van der Waals surface area contributed by atoms with E-state index in [2.05, 4.69) is 40.4 Å². The highest BCUT2D eigenvalue weighted by molar-refractivity contribution is 7.80. The number of fused-ring (bicyclic) bond motifs is 2. The molecule has 8 heteroatoms. The van der Waals surface area contributed by atoms with Crippen molar-refractivity contribution >= 4 is 36.9 Å². The zero-order valence-electron chi connectivity index (χ0n) is 19.6. The number of hydrogen-bond acceptors (Lipinski definition) is 6. The molecule has 33 heavy (non-hydrogen) atoms. The van der Waals surface area contributed by atoms with Crippen LogP contribution in [0.4, 0.5) is 4.39 Å². The Labute approximate surface area is 208 Å². The molecule has 2 unspecified atom stereocenters. The van der Waals surface area contributed by atoms with Crippen LogP contribution in [0.25, 0.3) is 0 Å². The Kier molecular flexibility index (Phi) is 10.5. The van der Waals surface area contributed by atoms with Gasteiger partial charge in [0.2, 0.25) is 5.91 Å². The second kappa shape index (κ2) is 13.1. The van der Waals surface area contributed by atoms with Crippen molar-refractivity contribution in [2.24, 2.45) is 5.92 Å². The predicted molar refractivity (Wildman–Crippen MR) is 138 cm³/mol. The van der Waals surface area contributed by atoms with E-state index in [-0.39, 0.29) is 29.6 Å². The Morgan fingerprint density at radius 1 is 1.15 bits per heavy atom. The summed E-state index contributed by atoms with van der Waals surface area (Å²) >= 11 is 8.49. The average Bonchev–Trinajstić information content (AvgIpc) is 3.08. The number of benzene rings is 1. The third-order valence-electron chi connectivity index (χ3n) is 7.19. The van der Waals surface area contributed by atoms with Crippen LogP contribution >= 0.6 is 25.3 Å². The second-order valence-corrected chi connectivity index (χ2v) is 10.1. The predicted octanol–water partition coefficient (Wildman–Crippen LogP) is 3.41. The summed E-state index contributed by atoms with van der Waals surface area (Å²) in [5.74, 6) is 1.59. The van der Waals surface area contributed by atoms with Gasteiger partial charge in [0.1, 0.15) is 11.6 Å². The van der Waals surface area contributed by atoms with Gasteiger partial charge < -0.3 is 5.32 Å². The van der Waals surface area contributed by atoms with E-state index >= 15 is 0 Å². The van der Waals surface area contributed by atoms with E-state index in [0.29, 0.717) is 42.8 Å². The van der Waals surface area contributed by atoms with Gasteiger partial charge in [0, 0.05) is 49.0 Å². The number of thiol groups is 2. The molecule has 2 heterocycles. The molecular weight excluding hydrogens is 457 g/mol. The molecule has 1 aromatic rings. The quantitative estimate of drug-likeness (QED) is 0.367. The zero-order chi connectivity index (χ0) is 23.8. The Balaban J connectivity index is 1.63. The number of Topliss-reactive ketones (excluding diaryl/α,β-unsaturated/α-hetero) is 1. The van der Waals surface area contributed by atoms with E-state index in [4.69, 9.17) is 0 Å². The maximum Gasteiger partial charge on any atom is 0.234 e. The topological polar surface area (TPSA) is 52.7 Å². The monoisotopic (exact) mass is 495 g/mol. The van der Waals surface area contributed by atoms with E-state index in [9.17, 15) is 14.0 Å². The van der Waals surface area contributed by atoms with Crippen molar-refractivity contribution in [1.82, 2.24) is 15.1 Å². The van der Waals surface area contributed by atoms with Gasteiger partial charge in [-0.15, -0.1) is 0 Å². The molecule has 2 aliphatic heterocycles. The van der Waals surface area contributed by atoms with Crippen LogP contribution < -0.4 is 5.32 Å². The summed E-state index contributed by atoms with van der Waals surface area (Å²) in [5, 5.41) is 2.88. The molecule has 5 nitrogen and oxygen atoms in total. The first kappa shape index (κ1) is 26.5. The van der Waals surface area contributed by atoms with Crippen molar-refractivity contribution in [2.45, 2.75) is 57.0 Å². The number of amides is 1. The fourth-order valence-electron chi connectivity index (χ4n) is 5.73. The largest absolute Gasteiger partial charge is 0.354 e. The van der Waals surface area contributed by atoms with Crippen LogP contribution in [0, 0.1) is 11.7 Å². The standard InChI is InChI=1S/C25H38FN3O2S2/c1-2-23(30)25-21(18-4-6-19(26)7-5-18)16-20-8-9-22(25)29(20)12-3-11-28(13-15-33)17-24(31)27-10-14-32/h4-7,20-22,25,32-33H,2-3,8-17H2,1H3,(H,27,31)/t20-,21?,22+,25?/m0/s1. The van der Waals surface area contributed by atoms with Gasteiger partial charge >= 0.3 is 0 Å². The van der Waals surface area contributed by atoms with Crippen LogP contribution in [0.2, 0.25) is 0 Å². The first-order valence-corrected chi connectivity index (χ1v) is 13.5. The molecule has 184 valence electrons. The molecule has 0 radical (unpaired) electrons. The molecule has 1 amide bonds. The molecule has 3 rings (SSSR count). The van der Waals surface area contributed by atoms with Crippen LogP contribution in [0.3, 0.4) is 0 Å². The summed E-state index contributed by atoms with van der Waals surface area (Å²) in [6.45, 7) is 5.44. The fraction of sp³-hybridized carbons (Fsp3) is 0.680. The number of ketones is 1. The van der Waals surface area contributed by atoms with E-state index in [1.807, 2.05) is 19.1 Å². The first-order valence-electron chi connectivity index (χ1n) is 12.2. The lowest BCUT2D eigenvalue weighted by Gasteiger charge is -2.44. The van der Waals surface area contributed by atoms with Gasteiger partial charge in [-0.25, -0.2) is 4.39 Å². The van der Waals surface area contributed by atoms with Crippen molar-refractivity contribution in [3.8, 4) is 0 Å². The maximum atomic E-state index is 13.5. The number of halogens is 1.